The zero-order valence-electron chi connectivity index (χ0n) is 10.6. The van der Waals surface area contributed by atoms with Crippen LogP contribution in [0.5, 0.6) is 0 Å². The molecule has 1 saturated carbocycles. The number of fused-ring (bicyclic) bond motifs is 1. The predicted octanol–water partition coefficient (Wildman–Crippen LogP) is 3.59. The van der Waals surface area contributed by atoms with Gasteiger partial charge in [0.05, 0.1) is 28.6 Å². The smallest absolute Gasteiger partial charge is 0.120 e. The summed E-state index contributed by atoms with van der Waals surface area (Å²) in [5, 5.41) is 13.0. The zero-order chi connectivity index (χ0) is 13.1. The average molecular weight is 276 g/mol. The highest BCUT2D eigenvalue weighted by molar-refractivity contribution is 7.18. The topological polar surface area (TPSA) is 54.7 Å². The quantitative estimate of drug-likeness (QED) is 0.688. The van der Waals surface area contributed by atoms with Crippen LogP contribution in [0.3, 0.4) is 0 Å². The summed E-state index contributed by atoms with van der Waals surface area (Å²) < 4.78 is 7.11. The molecular weight excluding hydrogens is 260 g/mol. The Bertz CT molecular complexity index is 551. The summed E-state index contributed by atoms with van der Waals surface area (Å²) in [6, 6.07) is 8.15. The molecular formula is C14H16N2O2S. The van der Waals surface area contributed by atoms with Gasteiger partial charge in [0.15, 0.2) is 0 Å². The number of thiazole rings is 1. The lowest BCUT2D eigenvalue weighted by Crippen LogP contribution is -2.21. The Morgan fingerprint density at radius 2 is 2.11 bits per heavy atom. The van der Waals surface area contributed by atoms with Gasteiger partial charge in [0, 0.05) is 0 Å². The first-order valence-electron chi connectivity index (χ1n) is 6.51. The molecule has 1 aliphatic carbocycles. The van der Waals surface area contributed by atoms with Crippen molar-refractivity contribution in [1.29, 1.82) is 0 Å². The number of aromatic nitrogens is 1. The van der Waals surface area contributed by atoms with Crippen LogP contribution >= 0.6 is 11.3 Å². The standard InChI is InChI=1S/C14H16N2O2S/c17-16-10-5-7-11(8-6-10)18-9-14-15-12-3-1-2-4-13(12)19-14/h1-4,11,17H,5-9H2. The van der Waals surface area contributed by atoms with Crippen LogP contribution in [0.2, 0.25) is 0 Å². The summed E-state index contributed by atoms with van der Waals surface area (Å²) in [5.41, 5.74) is 1.93. The van der Waals surface area contributed by atoms with Gasteiger partial charge in [-0.2, -0.15) is 0 Å². The molecule has 0 amide bonds. The van der Waals surface area contributed by atoms with Gasteiger partial charge in [-0.1, -0.05) is 17.3 Å². The predicted molar refractivity (Wildman–Crippen MR) is 75.9 cm³/mol. The summed E-state index contributed by atoms with van der Waals surface area (Å²) in [6.45, 7) is 0.579. The van der Waals surface area contributed by atoms with Crippen molar-refractivity contribution in [3.8, 4) is 0 Å². The summed E-state index contributed by atoms with van der Waals surface area (Å²) in [5.74, 6) is 0. The summed E-state index contributed by atoms with van der Waals surface area (Å²) >= 11 is 1.69. The lowest BCUT2D eigenvalue weighted by atomic mass is 9.96. The maximum absolute atomic E-state index is 8.70. The molecule has 1 aliphatic rings. The van der Waals surface area contributed by atoms with Crippen molar-refractivity contribution >= 4 is 27.3 Å². The molecule has 1 aromatic carbocycles. The van der Waals surface area contributed by atoms with Crippen molar-refractivity contribution in [2.45, 2.75) is 38.4 Å². The van der Waals surface area contributed by atoms with Crippen LogP contribution in [0, 0.1) is 0 Å². The Kier molecular flexibility index (Phi) is 3.75. The minimum Gasteiger partial charge on any atom is -0.411 e. The van der Waals surface area contributed by atoms with Gasteiger partial charge in [-0.05, 0) is 37.8 Å². The number of ether oxygens (including phenoxy) is 1. The molecule has 0 saturated heterocycles. The number of hydrogen-bond donors (Lipinski definition) is 1. The first kappa shape index (κ1) is 12.6. The summed E-state index contributed by atoms with van der Waals surface area (Å²) in [7, 11) is 0. The SMILES string of the molecule is ON=C1CCC(OCc2nc3ccccc3s2)CC1. The molecule has 1 heterocycles. The second-order valence-corrected chi connectivity index (χ2v) is 5.87. The fourth-order valence-corrected chi connectivity index (χ4v) is 3.25. The van der Waals surface area contributed by atoms with Crippen LogP contribution in [0.1, 0.15) is 30.7 Å². The Morgan fingerprint density at radius 3 is 2.84 bits per heavy atom. The molecule has 2 aromatic rings. The van der Waals surface area contributed by atoms with Gasteiger partial charge in [-0.15, -0.1) is 11.3 Å². The van der Waals surface area contributed by atoms with Crippen molar-refractivity contribution < 1.29 is 9.94 Å². The molecule has 0 aliphatic heterocycles. The Hall–Kier alpha value is -1.46. The third-order valence-electron chi connectivity index (χ3n) is 3.43. The van der Waals surface area contributed by atoms with Gasteiger partial charge in [0.25, 0.3) is 0 Å². The molecule has 5 heteroatoms. The van der Waals surface area contributed by atoms with Crippen molar-refractivity contribution in [2.24, 2.45) is 5.16 Å². The van der Waals surface area contributed by atoms with Gasteiger partial charge in [0.2, 0.25) is 0 Å². The Morgan fingerprint density at radius 1 is 1.32 bits per heavy atom. The zero-order valence-corrected chi connectivity index (χ0v) is 11.4. The molecule has 0 spiro atoms. The van der Waals surface area contributed by atoms with E-state index in [4.69, 9.17) is 9.94 Å². The van der Waals surface area contributed by atoms with Crippen molar-refractivity contribution in [1.82, 2.24) is 4.98 Å². The van der Waals surface area contributed by atoms with Gasteiger partial charge < -0.3 is 9.94 Å². The molecule has 0 radical (unpaired) electrons. The van der Waals surface area contributed by atoms with Gasteiger partial charge >= 0.3 is 0 Å². The number of nitrogens with zero attached hydrogens (tertiary/aromatic N) is 2. The molecule has 0 atom stereocenters. The van der Waals surface area contributed by atoms with Gasteiger partial charge in [0.1, 0.15) is 5.01 Å². The van der Waals surface area contributed by atoms with E-state index in [0.717, 1.165) is 41.9 Å². The van der Waals surface area contributed by atoms with Crippen molar-refractivity contribution in [3.05, 3.63) is 29.3 Å². The molecule has 1 N–H and O–H groups in total. The second kappa shape index (κ2) is 5.67. The highest BCUT2D eigenvalue weighted by Crippen LogP contribution is 2.24. The van der Waals surface area contributed by atoms with Crippen LogP contribution in [0.4, 0.5) is 0 Å². The van der Waals surface area contributed by atoms with Gasteiger partial charge in [-0.25, -0.2) is 4.98 Å². The third kappa shape index (κ3) is 2.93. The first-order valence-corrected chi connectivity index (χ1v) is 7.32. The van der Waals surface area contributed by atoms with E-state index in [9.17, 15) is 0 Å². The minimum atomic E-state index is 0.262. The van der Waals surface area contributed by atoms with Crippen molar-refractivity contribution in [3.63, 3.8) is 0 Å². The Balaban J connectivity index is 1.57. The number of hydrogen-bond acceptors (Lipinski definition) is 5. The van der Waals surface area contributed by atoms with E-state index in [0.29, 0.717) is 6.61 Å². The van der Waals surface area contributed by atoms with E-state index in [1.54, 1.807) is 11.3 Å². The molecule has 1 aromatic heterocycles. The minimum absolute atomic E-state index is 0.262. The molecule has 3 rings (SSSR count). The number of benzene rings is 1. The van der Waals surface area contributed by atoms with E-state index in [2.05, 4.69) is 16.2 Å². The van der Waals surface area contributed by atoms with Crippen molar-refractivity contribution in [2.75, 3.05) is 0 Å². The molecule has 1 fully saturated rings. The second-order valence-electron chi connectivity index (χ2n) is 4.75. The molecule has 100 valence electrons. The molecule has 19 heavy (non-hydrogen) atoms. The average Bonchev–Trinajstić information content (AvgIpc) is 2.88. The van der Waals surface area contributed by atoms with Gasteiger partial charge in [-0.3, -0.25) is 0 Å². The van der Waals surface area contributed by atoms with Crippen LogP contribution in [0.25, 0.3) is 10.2 Å². The first-order chi connectivity index (χ1) is 9.35. The third-order valence-corrected chi connectivity index (χ3v) is 4.44. The lowest BCUT2D eigenvalue weighted by molar-refractivity contribution is 0.0277. The van der Waals surface area contributed by atoms with Crippen LogP contribution in [-0.4, -0.2) is 22.0 Å². The number of para-hydroxylation sites is 1. The fourth-order valence-electron chi connectivity index (χ4n) is 2.36. The highest BCUT2D eigenvalue weighted by Gasteiger charge is 2.18. The number of rotatable bonds is 3. The van der Waals surface area contributed by atoms with E-state index in [1.807, 2.05) is 18.2 Å². The lowest BCUT2D eigenvalue weighted by Gasteiger charge is -2.22. The normalized spacial score (nSPS) is 19.8. The van der Waals surface area contributed by atoms with Crippen LogP contribution in [0.15, 0.2) is 29.4 Å². The highest BCUT2D eigenvalue weighted by atomic mass is 32.1. The largest absolute Gasteiger partial charge is 0.411 e. The van der Waals surface area contributed by atoms with Crippen LogP contribution < -0.4 is 0 Å². The summed E-state index contributed by atoms with van der Waals surface area (Å²) in [6.07, 6.45) is 3.80. The number of oxime groups is 1. The van der Waals surface area contributed by atoms with Crippen LogP contribution in [-0.2, 0) is 11.3 Å². The van der Waals surface area contributed by atoms with E-state index in [-0.39, 0.29) is 6.10 Å². The molecule has 0 bridgehead atoms. The maximum atomic E-state index is 8.70. The van der Waals surface area contributed by atoms with E-state index in [1.165, 1.54) is 4.70 Å². The monoisotopic (exact) mass is 276 g/mol. The van der Waals surface area contributed by atoms with E-state index >= 15 is 0 Å². The fraction of sp³-hybridized carbons (Fsp3) is 0.429. The Labute approximate surface area is 115 Å². The summed E-state index contributed by atoms with van der Waals surface area (Å²) in [4.78, 5) is 4.56. The molecule has 4 nitrogen and oxygen atoms in total. The van der Waals surface area contributed by atoms with E-state index < -0.39 is 0 Å². The maximum Gasteiger partial charge on any atom is 0.120 e. The molecule has 0 unspecified atom stereocenters.